The van der Waals surface area contributed by atoms with Crippen LogP contribution in [0.5, 0.6) is 0 Å². The Hall–Kier alpha value is -1.67. The molecular weight excluding hydrogens is 255 g/mol. The van der Waals surface area contributed by atoms with E-state index in [1.54, 1.807) is 0 Å². The van der Waals surface area contributed by atoms with Gasteiger partial charge in [-0.05, 0) is 6.92 Å². The van der Waals surface area contributed by atoms with Crippen molar-refractivity contribution in [1.82, 2.24) is 0 Å². The molecule has 0 bridgehead atoms. The molecular formula is C8H7F5O4. The maximum absolute atomic E-state index is 12.2. The van der Waals surface area contributed by atoms with E-state index in [4.69, 9.17) is 0 Å². The van der Waals surface area contributed by atoms with Crippen molar-refractivity contribution >= 4 is 11.9 Å². The molecule has 0 aliphatic heterocycles. The molecule has 0 atom stereocenters. The predicted molar refractivity (Wildman–Crippen MR) is 42.9 cm³/mol. The maximum atomic E-state index is 12.2. The van der Waals surface area contributed by atoms with E-state index in [0.717, 1.165) is 0 Å². The van der Waals surface area contributed by atoms with E-state index in [1.807, 2.05) is 0 Å². The normalized spacial score (nSPS) is 11.9. The number of hydrogen-bond donors (Lipinski definition) is 0. The molecule has 4 nitrogen and oxygen atoms in total. The second kappa shape index (κ2) is 5.11. The number of halogens is 5. The van der Waals surface area contributed by atoms with Crippen molar-refractivity contribution in [2.24, 2.45) is 0 Å². The first-order valence-corrected chi connectivity index (χ1v) is 3.94. The van der Waals surface area contributed by atoms with Crippen LogP contribution < -0.4 is 0 Å². The smallest absolute Gasteiger partial charge is 0.425 e. The minimum atomic E-state index is -6.07. The molecule has 0 aliphatic rings. The van der Waals surface area contributed by atoms with Gasteiger partial charge in [-0.2, -0.15) is 22.0 Å². The highest BCUT2D eigenvalue weighted by Gasteiger charge is 2.65. The molecule has 0 radical (unpaired) electrons. The molecule has 0 aliphatic carbocycles. The Labute approximate surface area is 92.0 Å². The molecule has 0 aromatic carbocycles. The zero-order valence-electron chi connectivity index (χ0n) is 8.44. The van der Waals surface area contributed by atoms with Crippen molar-refractivity contribution in [2.45, 2.75) is 19.0 Å². The second-order valence-corrected chi connectivity index (χ2v) is 2.83. The van der Waals surface area contributed by atoms with Gasteiger partial charge >= 0.3 is 24.0 Å². The van der Waals surface area contributed by atoms with E-state index >= 15 is 0 Å². The quantitative estimate of drug-likeness (QED) is 0.335. The molecule has 0 saturated heterocycles. The van der Waals surface area contributed by atoms with Crippen LogP contribution in [0.4, 0.5) is 22.0 Å². The third kappa shape index (κ3) is 4.00. The van der Waals surface area contributed by atoms with Crippen LogP contribution in [0.2, 0.25) is 0 Å². The van der Waals surface area contributed by atoms with Crippen LogP contribution in [-0.4, -0.2) is 30.8 Å². The highest BCUT2D eigenvalue weighted by Crippen LogP contribution is 2.36. The topological polar surface area (TPSA) is 52.6 Å². The van der Waals surface area contributed by atoms with Crippen molar-refractivity contribution in [3.63, 3.8) is 0 Å². The van der Waals surface area contributed by atoms with Crippen LogP contribution in [0, 0.1) is 0 Å². The van der Waals surface area contributed by atoms with E-state index in [-0.39, 0.29) is 5.57 Å². The first-order valence-electron chi connectivity index (χ1n) is 3.94. The Morgan fingerprint density at radius 2 is 1.59 bits per heavy atom. The number of ether oxygens (including phenoxy) is 2. The first kappa shape index (κ1) is 15.3. The summed E-state index contributed by atoms with van der Waals surface area (Å²) in [5, 5.41) is 0. The lowest BCUT2D eigenvalue weighted by molar-refractivity contribution is -0.282. The van der Waals surface area contributed by atoms with E-state index in [0.29, 0.717) is 0 Å². The number of hydrogen-bond acceptors (Lipinski definition) is 4. The molecule has 0 amide bonds. The molecule has 0 rings (SSSR count). The molecule has 0 saturated carbocycles. The third-order valence-corrected chi connectivity index (χ3v) is 1.34. The van der Waals surface area contributed by atoms with Gasteiger partial charge in [-0.3, -0.25) is 0 Å². The molecule has 0 heterocycles. The van der Waals surface area contributed by atoms with E-state index < -0.39 is 30.8 Å². The van der Waals surface area contributed by atoms with Gasteiger partial charge in [0.15, 0.2) is 0 Å². The van der Waals surface area contributed by atoms with E-state index in [2.05, 4.69) is 16.1 Å². The van der Waals surface area contributed by atoms with Crippen LogP contribution in [0.1, 0.15) is 6.92 Å². The summed E-state index contributed by atoms with van der Waals surface area (Å²) in [6.07, 6.45) is -6.07. The van der Waals surface area contributed by atoms with Crippen LogP contribution in [0.15, 0.2) is 12.2 Å². The van der Waals surface area contributed by atoms with Gasteiger partial charge < -0.3 is 9.47 Å². The molecule has 17 heavy (non-hydrogen) atoms. The highest BCUT2D eigenvalue weighted by atomic mass is 19.4. The summed E-state index contributed by atoms with van der Waals surface area (Å²) in [5.74, 6) is -9.59. The first-order chi connectivity index (χ1) is 7.50. The molecule has 0 fully saturated rings. The van der Waals surface area contributed by atoms with E-state index in [9.17, 15) is 31.5 Å². The number of carbonyl (C=O) groups excluding carboxylic acids is 2. The summed E-state index contributed by atoms with van der Waals surface area (Å²) in [6, 6.07) is 0. The number of alkyl halides is 5. The minimum Gasteiger partial charge on any atom is -0.425 e. The van der Waals surface area contributed by atoms with Gasteiger partial charge in [0.05, 0.1) is 0 Å². The Kier molecular flexibility index (Phi) is 4.60. The lowest BCUT2D eigenvalue weighted by atomic mass is 10.3. The minimum absolute atomic E-state index is 0.136. The van der Waals surface area contributed by atoms with Crippen molar-refractivity contribution in [3.8, 4) is 0 Å². The summed E-state index contributed by atoms with van der Waals surface area (Å²) in [7, 11) is 0. The number of carbonyl (C=O) groups is 2. The van der Waals surface area contributed by atoms with Crippen molar-refractivity contribution < 1.29 is 41.0 Å². The zero-order valence-corrected chi connectivity index (χ0v) is 8.44. The SMILES string of the molecule is C=C(C)C(=O)OCOC(=O)C(F)(F)C(F)(F)F. The van der Waals surface area contributed by atoms with Crippen molar-refractivity contribution in [3.05, 3.63) is 12.2 Å². The Bertz CT molecular complexity index is 333. The lowest BCUT2D eigenvalue weighted by Crippen LogP contribution is -2.45. The van der Waals surface area contributed by atoms with Gasteiger partial charge in [-0.1, -0.05) is 6.58 Å². The Balaban J connectivity index is 4.30. The fourth-order valence-electron chi connectivity index (χ4n) is 0.466. The van der Waals surface area contributed by atoms with Gasteiger partial charge in [-0.25, -0.2) is 9.59 Å². The standard InChI is InChI=1S/C8H7F5O4/c1-4(2)5(14)16-3-17-6(15)7(9,10)8(11,12)13/h1,3H2,2H3. The molecule has 98 valence electrons. The van der Waals surface area contributed by atoms with Crippen molar-refractivity contribution in [1.29, 1.82) is 0 Å². The molecule has 0 N–H and O–H groups in total. The Morgan fingerprint density at radius 1 is 1.12 bits per heavy atom. The molecule has 0 aromatic heterocycles. The molecule has 0 aromatic rings. The average Bonchev–Trinajstić information content (AvgIpc) is 2.15. The Morgan fingerprint density at radius 3 is 1.94 bits per heavy atom. The van der Waals surface area contributed by atoms with Gasteiger partial charge in [0.25, 0.3) is 0 Å². The van der Waals surface area contributed by atoms with Crippen molar-refractivity contribution in [2.75, 3.05) is 6.79 Å². The predicted octanol–water partition coefficient (Wildman–Crippen LogP) is 1.80. The number of rotatable bonds is 4. The third-order valence-electron chi connectivity index (χ3n) is 1.34. The summed E-state index contributed by atoms with van der Waals surface area (Å²) in [6.45, 7) is 2.95. The zero-order chi connectivity index (χ0) is 13.9. The number of esters is 2. The summed E-state index contributed by atoms with van der Waals surface area (Å²) in [4.78, 5) is 21.0. The summed E-state index contributed by atoms with van der Waals surface area (Å²) < 4.78 is 66.8. The van der Waals surface area contributed by atoms with Crippen LogP contribution in [0.3, 0.4) is 0 Å². The van der Waals surface area contributed by atoms with Gasteiger partial charge in [0.2, 0.25) is 6.79 Å². The van der Waals surface area contributed by atoms with Gasteiger partial charge in [0.1, 0.15) is 0 Å². The van der Waals surface area contributed by atoms with Crippen LogP contribution >= 0.6 is 0 Å². The highest BCUT2D eigenvalue weighted by molar-refractivity contribution is 5.87. The summed E-state index contributed by atoms with van der Waals surface area (Å²) in [5.41, 5.74) is -0.136. The second-order valence-electron chi connectivity index (χ2n) is 2.83. The maximum Gasteiger partial charge on any atom is 0.465 e. The fraction of sp³-hybridized carbons (Fsp3) is 0.500. The van der Waals surface area contributed by atoms with Crippen LogP contribution in [-0.2, 0) is 19.1 Å². The van der Waals surface area contributed by atoms with Gasteiger partial charge in [-0.15, -0.1) is 0 Å². The molecule has 9 heteroatoms. The monoisotopic (exact) mass is 262 g/mol. The summed E-state index contributed by atoms with van der Waals surface area (Å²) >= 11 is 0. The van der Waals surface area contributed by atoms with Crippen LogP contribution in [0.25, 0.3) is 0 Å². The lowest BCUT2D eigenvalue weighted by Gasteiger charge is -2.17. The molecule has 0 unspecified atom stereocenters. The largest absolute Gasteiger partial charge is 0.465 e. The molecule has 0 spiro atoms. The van der Waals surface area contributed by atoms with Gasteiger partial charge in [0, 0.05) is 5.57 Å². The average molecular weight is 262 g/mol. The van der Waals surface area contributed by atoms with E-state index in [1.165, 1.54) is 6.92 Å². The fourth-order valence-corrected chi connectivity index (χ4v) is 0.466.